The number of likely N-dealkylation sites (tertiary alicyclic amines) is 1. The number of aromatic nitrogens is 2. The molecular weight excluding hydrogens is 340 g/mol. The Bertz CT molecular complexity index is 720. The molecule has 0 amide bonds. The SMILES string of the molecule is CN(C)S(=O)(=O)n1ccnc1CN1CC2(CCC2)C1C1CCOCC1. The van der Waals surface area contributed by atoms with E-state index in [0.29, 0.717) is 29.7 Å². The Morgan fingerprint density at radius 3 is 2.64 bits per heavy atom. The van der Waals surface area contributed by atoms with Crippen LogP contribution in [0.15, 0.2) is 12.4 Å². The average molecular weight is 369 g/mol. The highest BCUT2D eigenvalue weighted by Gasteiger charge is 2.58. The fourth-order valence-corrected chi connectivity index (χ4v) is 5.87. The molecule has 7 nitrogen and oxygen atoms in total. The molecule has 140 valence electrons. The predicted octanol–water partition coefficient (Wildman–Crippen LogP) is 1.32. The number of nitrogens with zero attached hydrogens (tertiary/aromatic N) is 4. The van der Waals surface area contributed by atoms with Gasteiger partial charge in [0, 0.05) is 52.3 Å². The van der Waals surface area contributed by atoms with E-state index in [-0.39, 0.29) is 0 Å². The highest BCUT2D eigenvalue weighted by atomic mass is 32.2. The van der Waals surface area contributed by atoms with Gasteiger partial charge < -0.3 is 4.74 Å². The van der Waals surface area contributed by atoms with Gasteiger partial charge in [0.25, 0.3) is 0 Å². The van der Waals surface area contributed by atoms with Crippen molar-refractivity contribution in [2.45, 2.75) is 44.7 Å². The van der Waals surface area contributed by atoms with Crippen LogP contribution >= 0.6 is 0 Å². The summed E-state index contributed by atoms with van der Waals surface area (Å²) in [7, 11) is -0.411. The first-order valence-corrected chi connectivity index (χ1v) is 10.6. The minimum Gasteiger partial charge on any atom is -0.381 e. The monoisotopic (exact) mass is 368 g/mol. The molecular formula is C17H28N4O3S. The van der Waals surface area contributed by atoms with Gasteiger partial charge >= 0.3 is 10.2 Å². The maximum Gasteiger partial charge on any atom is 0.308 e. The fourth-order valence-electron chi connectivity index (χ4n) is 4.94. The Hall–Kier alpha value is -0.960. The fraction of sp³-hybridized carbons (Fsp3) is 0.824. The van der Waals surface area contributed by atoms with Gasteiger partial charge in [-0.25, -0.2) is 8.96 Å². The summed E-state index contributed by atoms with van der Waals surface area (Å²) >= 11 is 0. The van der Waals surface area contributed by atoms with Crippen molar-refractivity contribution in [3.8, 4) is 0 Å². The molecule has 3 fully saturated rings. The van der Waals surface area contributed by atoms with Crippen molar-refractivity contribution in [3.63, 3.8) is 0 Å². The third-order valence-corrected chi connectivity index (χ3v) is 8.09. The van der Waals surface area contributed by atoms with Gasteiger partial charge in [0.15, 0.2) is 0 Å². The lowest BCUT2D eigenvalue weighted by molar-refractivity contribution is -0.167. The zero-order valence-electron chi connectivity index (χ0n) is 15.1. The van der Waals surface area contributed by atoms with Gasteiger partial charge in [0.05, 0.1) is 6.54 Å². The van der Waals surface area contributed by atoms with Crippen LogP contribution in [0.5, 0.6) is 0 Å². The zero-order chi connectivity index (χ0) is 17.7. The standard InChI is InChI=1S/C17H28N4O3S/c1-19(2)25(22,23)21-9-8-18-15(21)12-20-13-17(6-3-7-17)16(20)14-4-10-24-11-5-14/h8-9,14,16H,3-7,10-13H2,1-2H3. The lowest BCUT2D eigenvalue weighted by atomic mass is 9.54. The van der Waals surface area contributed by atoms with E-state index in [9.17, 15) is 8.42 Å². The van der Waals surface area contributed by atoms with E-state index in [0.717, 1.165) is 32.6 Å². The molecule has 25 heavy (non-hydrogen) atoms. The third-order valence-electron chi connectivity index (χ3n) is 6.34. The van der Waals surface area contributed by atoms with E-state index in [1.165, 1.54) is 27.5 Å². The molecule has 0 radical (unpaired) electrons. The van der Waals surface area contributed by atoms with Crippen LogP contribution in [0.2, 0.25) is 0 Å². The van der Waals surface area contributed by atoms with Crippen molar-refractivity contribution in [2.75, 3.05) is 33.9 Å². The molecule has 1 aromatic rings. The van der Waals surface area contributed by atoms with Crippen LogP contribution in [0, 0.1) is 11.3 Å². The second-order valence-corrected chi connectivity index (χ2v) is 9.96. The largest absolute Gasteiger partial charge is 0.381 e. The van der Waals surface area contributed by atoms with Gasteiger partial charge in [0.1, 0.15) is 5.82 Å². The van der Waals surface area contributed by atoms with Gasteiger partial charge in [-0.15, -0.1) is 0 Å². The summed E-state index contributed by atoms with van der Waals surface area (Å²) in [6.45, 7) is 3.39. The highest BCUT2D eigenvalue weighted by Crippen LogP contribution is 2.56. The van der Waals surface area contributed by atoms with Gasteiger partial charge in [-0.05, 0) is 37.0 Å². The molecule has 1 unspecified atom stereocenters. The molecule has 0 N–H and O–H groups in total. The normalized spacial score (nSPS) is 27.4. The Balaban J connectivity index is 1.54. The summed E-state index contributed by atoms with van der Waals surface area (Å²) in [6.07, 6.45) is 9.33. The number of imidazole rings is 1. The van der Waals surface area contributed by atoms with E-state index in [4.69, 9.17) is 4.74 Å². The molecule has 1 atom stereocenters. The maximum atomic E-state index is 12.5. The second-order valence-electron chi connectivity index (χ2n) is 7.95. The molecule has 0 aromatic carbocycles. The topological polar surface area (TPSA) is 67.7 Å². The van der Waals surface area contributed by atoms with Crippen molar-refractivity contribution in [3.05, 3.63) is 18.2 Å². The molecule has 1 saturated carbocycles. The number of hydrogen-bond acceptors (Lipinski definition) is 5. The van der Waals surface area contributed by atoms with Crippen LogP contribution in [-0.4, -0.2) is 66.5 Å². The van der Waals surface area contributed by atoms with Crippen LogP contribution < -0.4 is 0 Å². The van der Waals surface area contributed by atoms with Gasteiger partial charge in [0.2, 0.25) is 0 Å². The van der Waals surface area contributed by atoms with Gasteiger partial charge in [-0.3, -0.25) is 4.90 Å². The second kappa shape index (κ2) is 6.33. The highest BCUT2D eigenvalue weighted by molar-refractivity contribution is 7.87. The van der Waals surface area contributed by atoms with E-state index in [1.807, 2.05) is 0 Å². The summed E-state index contributed by atoms with van der Waals surface area (Å²) in [6, 6.07) is 0.553. The van der Waals surface area contributed by atoms with E-state index in [1.54, 1.807) is 26.5 Å². The van der Waals surface area contributed by atoms with Crippen LogP contribution in [0.3, 0.4) is 0 Å². The molecule has 0 bridgehead atoms. The first-order chi connectivity index (χ1) is 11.9. The molecule has 1 aromatic heterocycles. The smallest absolute Gasteiger partial charge is 0.308 e. The van der Waals surface area contributed by atoms with Crippen LogP contribution in [0.1, 0.15) is 37.9 Å². The summed E-state index contributed by atoms with van der Waals surface area (Å²) in [4.78, 5) is 6.81. The molecule has 4 rings (SSSR count). The number of hydrogen-bond donors (Lipinski definition) is 0. The first kappa shape index (κ1) is 17.5. The lowest BCUT2D eigenvalue weighted by Gasteiger charge is -2.65. The van der Waals surface area contributed by atoms with E-state index in [2.05, 4.69) is 9.88 Å². The number of ether oxygens (including phenoxy) is 1. The van der Waals surface area contributed by atoms with E-state index >= 15 is 0 Å². The zero-order valence-corrected chi connectivity index (χ0v) is 15.9. The molecule has 3 aliphatic rings. The molecule has 2 saturated heterocycles. The summed E-state index contributed by atoms with van der Waals surface area (Å²) in [5, 5.41) is 0. The predicted molar refractivity (Wildman–Crippen MR) is 94.3 cm³/mol. The Labute approximate surface area is 150 Å². The summed E-state index contributed by atoms with van der Waals surface area (Å²) in [5.74, 6) is 1.27. The Morgan fingerprint density at radius 2 is 2.04 bits per heavy atom. The number of rotatable bonds is 5. The van der Waals surface area contributed by atoms with Crippen molar-refractivity contribution < 1.29 is 13.2 Å². The van der Waals surface area contributed by atoms with Crippen LogP contribution in [0.25, 0.3) is 0 Å². The van der Waals surface area contributed by atoms with Crippen LogP contribution in [-0.2, 0) is 21.5 Å². The minimum absolute atomic E-state index is 0.472. The Morgan fingerprint density at radius 1 is 1.32 bits per heavy atom. The van der Waals surface area contributed by atoms with Gasteiger partial charge in [-0.1, -0.05) is 6.42 Å². The van der Waals surface area contributed by atoms with E-state index < -0.39 is 10.2 Å². The molecule has 1 aliphatic carbocycles. The average Bonchev–Trinajstić information content (AvgIpc) is 2.99. The van der Waals surface area contributed by atoms with Crippen molar-refractivity contribution in [1.82, 2.24) is 18.2 Å². The molecule has 2 aliphatic heterocycles. The molecule has 8 heteroatoms. The molecule has 1 spiro atoms. The summed E-state index contributed by atoms with van der Waals surface area (Å²) in [5.41, 5.74) is 0.472. The third kappa shape index (κ3) is 2.83. The maximum absolute atomic E-state index is 12.5. The Kier molecular flexibility index (Phi) is 4.42. The van der Waals surface area contributed by atoms with Crippen molar-refractivity contribution in [1.29, 1.82) is 0 Å². The van der Waals surface area contributed by atoms with Crippen molar-refractivity contribution in [2.24, 2.45) is 11.3 Å². The van der Waals surface area contributed by atoms with Crippen molar-refractivity contribution >= 4 is 10.2 Å². The quantitative estimate of drug-likeness (QED) is 0.784. The molecule has 3 heterocycles. The lowest BCUT2D eigenvalue weighted by Crippen LogP contribution is -2.69. The first-order valence-electron chi connectivity index (χ1n) is 9.21. The van der Waals surface area contributed by atoms with Gasteiger partial charge in [-0.2, -0.15) is 12.7 Å². The summed E-state index contributed by atoms with van der Waals surface area (Å²) < 4.78 is 33.1. The van der Waals surface area contributed by atoms with Crippen LogP contribution in [0.4, 0.5) is 0 Å². The minimum atomic E-state index is -3.52.